The zero-order valence-corrected chi connectivity index (χ0v) is 20.3. The van der Waals surface area contributed by atoms with Gasteiger partial charge in [-0.25, -0.2) is 4.98 Å². The quantitative estimate of drug-likeness (QED) is 0.584. The van der Waals surface area contributed by atoms with Crippen molar-refractivity contribution in [3.8, 4) is 0 Å². The van der Waals surface area contributed by atoms with E-state index in [2.05, 4.69) is 26.3 Å². The van der Waals surface area contributed by atoms with Crippen LogP contribution in [0.2, 0.25) is 0 Å². The van der Waals surface area contributed by atoms with Crippen molar-refractivity contribution in [2.45, 2.75) is 51.2 Å². The number of nitrogens with one attached hydrogen (secondary N) is 1. The number of hydrogen-bond acceptors (Lipinski definition) is 7. The SMILES string of the molecule is O=C(NC1CC1)[C@@H]1CCCN(c2nc3ncn(CC(=O)N4CCc5ccccc5C4)c(=O)c3s2)C1. The second kappa shape index (κ2) is 9.07. The minimum absolute atomic E-state index is 0.0374. The molecule has 0 spiro atoms. The van der Waals surface area contributed by atoms with E-state index in [0.29, 0.717) is 41.2 Å². The molecule has 3 aromatic rings. The summed E-state index contributed by atoms with van der Waals surface area (Å²) in [6, 6.07) is 8.51. The molecule has 0 radical (unpaired) electrons. The zero-order valence-electron chi connectivity index (χ0n) is 19.5. The highest BCUT2D eigenvalue weighted by Gasteiger charge is 2.31. The monoisotopic (exact) mass is 492 g/mol. The minimum atomic E-state index is -0.246. The lowest BCUT2D eigenvalue weighted by Gasteiger charge is -2.31. The number of carbonyl (C=O) groups excluding carboxylic acids is 2. The molecule has 6 rings (SSSR count). The average molecular weight is 493 g/mol. The van der Waals surface area contributed by atoms with Crippen molar-refractivity contribution in [3.05, 3.63) is 52.1 Å². The van der Waals surface area contributed by atoms with E-state index in [1.165, 1.54) is 27.8 Å². The number of anilines is 1. The summed E-state index contributed by atoms with van der Waals surface area (Å²) in [5.41, 5.74) is 2.59. The van der Waals surface area contributed by atoms with Gasteiger partial charge in [0.2, 0.25) is 11.8 Å². The van der Waals surface area contributed by atoms with Crippen LogP contribution in [-0.4, -0.2) is 56.9 Å². The summed E-state index contributed by atoms with van der Waals surface area (Å²) in [5, 5.41) is 3.82. The Labute approximate surface area is 206 Å². The second-order valence-electron chi connectivity index (χ2n) is 9.73. The number of carbonyl (C=O) groups is 2. The van der Waals surface area contributed by atoms with Crippen LogP contribution in [0, 0.1) is 5.92 Å². The Morgan fingerprint density at radius 3 is 2.77 bits per heavy atom. The van der Waals surface area contributed by atoms with Crippen LogP contribution in [0.3, 0.4) is 0 Å². The van der Waals surface area contributed by atoms with E-state index in [4.69, 9.17) is 0 Å². The number of fused-ring (bicyclic) bond motifs is 2. The highest BCUT2D eigenvalue weighted by Crippen LogP contribution is 2.30. The summed E-state index contributed by atoms with van der Waals surface area (Å²) in [5.74, 6) is -0.0287. The molecule has 35 heavy (non-hydrogen) atoms. The highest BCUT2D eigenvalue weighted by atomic mass is 32.1. The lowest BCUT2D eigenvalue weighted by atomic mass is 9.97. The molecule has 1 saturated heterocycles. The van der Waals surface area contributed by atoms with Crippen LogP contribution in [0.5, 0.6) is 0 Å². The first kappa shape index (κ1) is 22.2. The van der Waals surface area contributed by atoms with Crippen LogP contribution < -0.4 is 15.8 Å². The first-order chi connectivity index (χ1) is 17.0. The third-order valence-corrected chi connectivity index (χ3v) is 8.24. The van der Waals surface area contributed by atoms with Gasteiger partial charge in [-0.05, 0) is 43.2 Å². The number of piperidine rings is 1. The molecule has 1 N–H and O–H groups in total. The zero-order chi connectivity index (χ0) is 23.9. The molecule has 2 aromatic heterocycles. The van der Waals surface area contributed by atoms with Gasteiger partial charge in [-0.2, -0.15) is 4.98 Å². The van der Waals surface area contributed by atoms with Crippen molar-refractivity contribution >= 4 is 38.6 Å². The van der Waals surface area contributed by atoms with Crippen LogP contribution >= 0.6 is 11.3 Å². The maximum absolute atomic E-state index is 13.2. The molecule has 0 bridgehead atoms. The van der Waals surface area contributed by atoms with E-state index in [0.717, 1.165) is 44.2 Å². The van der Waals surface area contributed by atoms with Crippen LogP contribution in [0.1, 0.15) is 36.8 Å². The molecule has 182 valence electrons. The summed E-state index contributed by atoms with van der Waals surface area (Å²) in [6.45, 7) is 2.58. The second-order valence-corrected chi connectivity index (χ2v) is 10.7. The molecule has 10 heteroatoms. The lowest BCUT2D eigenvalue weighted by molar-refractivity contribution is -0.132. The van der Waals surface area contributed by atoms with Gasteiger partial charge in [0.25, 0.3) is 5.56 Å². The normalized spacial score (nSPS) is 20.1. The summed E-state index contributed by atoms with van der Waals surface area (Å²) in [6.07, 6.45) is 6.17. The predicted molar refractivity (Wildman–Crippen MR) is 133 cm³/mol. The smallest absolute Gasteiger partial charge is 0.273 e. The van der Waals surface area contributed by atoms with Gasteiger partial charge in [0, 0.05) is 32.2 Å². The van der Waals surface area contributed by atoms with Crippen LogP contribution in [0.15, 0.2) is 35.4 Å². The average Bonchev–Trinajstić information content (AvgIpc) is 3.59. The molecule has 4 heterocycles. The Balaban J connectivity index is 1.17. The minimum Gasteiger partial charge on any atom is -0.353 e. The van der Waals surface area contributed by atoms with Gasteiger partial charge >= 0.3 is 0 Å². The number of nitrogens with zero attached hydrogens (tertiary/aromatic N) is 5. The van der Waals surface area contributed by atoms with E-state index in [1.54, 1.807) is 4.90 Å². The van der Waals surface area contributed by atoms with Gasteiger partial charge in [-0.15, -0.1) is 0 Å². The predicted octanol–water partition coefficient (Wildman–Crippen LogP) is 1.93. The Hall–Kier alpha value is -3.27. The first-order valence-electron chi connectivity index (χ1n) is 12.3. The number of aromatic nitrogens is 3. The molecule has 1 aromatic carbocycles. The Bertz CT molecular complexity index is 1350. The number of thiazole rings is 1. The maximum Gasteiger partial charge on any atom is 0.273 e. The summed E-state index contributed by atoms with van der Waals surface area (Å²) in [7, 11) is 0. The van der Waals surface area contributed by atoms with E-state index in [9.17, 15) is 14.4 Å². The van der Waals surface area contributed by atoms with E-state index in [1.807, 2.05) is 18.2 Å². The Morgan fingerprint density at radius 2 is 1.94 bits per heavy atom. The van der Waals surface area contributed by atoms with Gasteiger partial charge < -0.3 is 15.1 Å². The van der Waals surface area contributed by atoms with Gasteiger partial charge in [0.15, 0.2) is 10.8 Å². The van der Waals surface area contributed by atoms with Crippen molar-refractivity contribution in [3.63, 3.8) is 0 Å². The standard InChI is InChI=1S/C25H28N6O3S/c32-20(29-11-9-16-4-1-2-5-17(16)12-29)14-31-15-26-22-21(24(31)34)35-25(28-22)30-10-3-6-18(13-30)23(33)27-19-7-8-19/h1-2,4-5,15,18-19H,3,6-14H2,(H,27,33)/t18-/m1/s1. The van der Waals surface area contributed by atoms with E-state index < -0.39 is 0 Å². The largest absolute Gasteiger partial charge is 0.353 e. The molecule has 3 aliphatic rings. The fraction of sp³-hybridized carbons (Fsp3) is 0.480. The van der Waals surface area contributed by atoms with Crippen LogP contribution in [0.25, 0.3) is 10.3 Å². The molecule has 1 atom stereocenters. The molecule has 2 aliphatic heterocycles. The van der Waals surface area contributed by atoms with E-state index >= 15 is 0 Å². The Kier molecular flexibility index (Phi) is 5.75. The fourth-order valence-corrected chi connectivity index (χ4v) is 5.95. The molecule has 2 amide bonds. The van der Waals surface area contributed by atoms with Crippen molar-refractivity contribution < 1.29 is 9.59 Å². The number of amides is 2. The lowest BCUT2D eigenvalue weighted by Crippen LogP contribution is -2.43. The van der Waals surface area contributed by atoms with Crippen LogP contribution in [-0.2, 0) is 29.1 Å². The highest BCUT2D eigenvalue weighted by molar-refractivity contribution is 7.22. The fourth-order valence-electron chi connectivity index (χ4n) is 4.95. The molecule has 0 unspecified atom stereocenters. The molecule has 1 saturated carbocycles. The summed E-state index contributed by atoms with van der Waals surface area (Å²) in [4.78, 5) is 51.6. The van der Waals surface area contributed by atoms with Crippen molar-refractivity contribution in [1.82, 2.24) is 24.8 Å². The number of benzene rings is 1. The summed E-state index contributed by atoms with van der Waals surface area (Å²) >= 11 is 1.30. The molecule has 2 fully saturated rings. The number of hydrogen-bond donors (Lipinski definition) is 1. The third-order valence-electron chi connectivity index (χ3n) is 7.15. The van der Waals surface area contributed by atoms with Gasteiger partial charge in [-0.1, -0.05) is 35.6 Å². The molecular formula is C25H28N6O3S. The molecule has 9 nitrogen and oxygen atoms in total. The number of rotatable bonds is 5. The van der Waals surface area contributed by atoms with Crippen molar-refractivity contribution in [2.24, 2.45) is 5.92 Å². The van der Waals surface area contributed by atoms with Gasteiger partial charge in [0.05, 0.1) is 5.92 Å². The van der Waals surface area contributed by atoms with Crippen molar-refractivity contribution in [1.29, 1.82) is 0 Å². The maximum atomic E-state index is 13.2. The van der Waals surface area contributed by atoms with Gasteiger partial charge in [0.1, 0.15) is 17.6 Å². The first-order valence-corrected chi connectivity index (χ1v) is 13.1. The van der Waals surface area contributed by atoms with Gasteiger partial charge in [-0.3, -0.25) is 19.0 Å². The van der Waals surface area contributed by atoms with Crippen LogP contribution in [0.4, 0.5) is 5.13 Å². The topological polar surface area (TPSA) is 100 Å². The Morgan fingerprint density at radius 1 is 1.11 bits per heavy atom. The summed E-state index contributed by atoms with van der Waals surface area (Å²) < 4.78 is 1.83. The molecule has 1 aliphatic carbocycles. The molecular weight excluding hydrogens is 464 g/mol. The van der Waals surface area contributed by atoms with Crippen molar-refractivity contribution in [2.75, 3.05) is 24.5 Å². The third kappa shape index (κ3) is 4.54. The van der Waals surface area contributed by atoms with E-state index in [-0.39, 0.29) is 29.8 Å².